The van der Waals surface area contributed by atoms with Gasteiger partial charge in [0.25, 0.3) is 0 Å². The van der Waals surface area contributed by atoms with E-state index in [4.69, 9.17) is 4.74 Å². The standard InChI is InChI=1S/C24H15F2NO2/c25-20-11-8-17(9-12-20)10-13-24(28)29-21-5-3-4-18(15-21)14-19(16-27)22-6-1-2-7-23(22)26/h1-15H/b13-10+,19-14-. The minimum Gasteiger partial charge on any atom is -0.423 e. The first-order valence-corrected chi connectivity index (χ1v) is 8.67. The molecule has 0 spiro atoms. The summed E-state index contributed by atoms with van der Waals surface area (Å²) in [6, 6.07) is 20.2. The molecule has 3 rings (SSSR count). The molecule has 0 amide bonds. The number of esters is 1. The van der Waals surface area contributed by atoms with E-state index < -0.39 is 11.8 Å². The van der Waals surface area contributed by atoms with Crippen molar-refractivity contribution in [2.75, 3.05) is 0 Å². The van der Waals surface area contributed by atoms with Crippen LogP contribution in [0.25, 0.3) is 17.7 Å². The molecule has 0 heterocycles. The molecule has 142 valence electrons. The maximum Gasteiger partial charge on any atom is 0.336 e. The average molecular weight is 387 g/mol. The van der Waals surface area contributed by atoms with Gasteiger partial charge in [-0.1, -0.05) is 42.5 Å². The summed E-state index contributed by atoms with van der Waals surface area (Å²) < 4.78 is 32.1. The van der Waals surface area contributed by atoms with Crippen molar-refractivity contribution in [2.24, 2.45) is 0 Å². The largest absolute Gasteiger partial charge is 0.423 e. The average Bonchev–Trinajstić information content (AvgIpc) is 2.72. The summed E-state index contributed by atoms with van der Waals surface area (Å²) in [5.41, 5.74) is 1.59. The number of benzene rings is 3. The molecule has 3 nitrogen and oxygen atoms in total. The van der Waals surface area contributed by atoms with Crippen molar-refractivity contribution >= 4 is 23.7 Å². The summed E-state index contributed by atoms with van der Waals surface area (Å²) in [4.78, 5) is 12.0. The van der Waals surface area contributed by atoms with Gasteiger partial charge in [0.2, 0.25) is 0 Å². The van der Waals surface area contributed by atoms with Gasteiger partial charge < -0.3 is 4.74 Å². The van der Waals surface area contributed by atoms with Crippen LogP contribution in [0, 0.1) is 23.0 Å². The van der Waals surface area contributed by atoms with E-state index in [0.29, 0.717) is 11.1 Å². The number of nitriles is 1. The van der Waals surface area contributed by atoms with Crippen LogP contribution in [0.15, 0.2) is 78.9 Å². The van der Waals surface area contributed by atoms with Crippen molar-refractivity contribution in [1.82, 2.24) is 0 Å². The van der Waals surface area contributed by atoms with Crippen LogP contribution >= 0.6 is 0 Å². The Balaban J connectivity index is 1.75. The summed E-state index contributed by atoms with van der Waals surface area (Å²) >= 11 is 0. The third kappa shape index (κ3) is 5.47. The van der Waals surface area contributed by atoms with Crippen molar-refractivity contribution in [2.45, 2.75) is 0 Å². The Morgan fingerprint density at radius 3 is 2.41 bits per heavy atom. The zero-order chi connectivity index (χ0) is 20.6. The second kappa shape index (κ2) is 9.25. The van der Waals surface area contributed by atoms with Gasteiger partial charge in [-0.3, -0.25) is 0 Å². The van der Waals surface area contributed by atoms with Crippen molar-refractivity contribution in [3.63, 3.8) is 0 Å². The van der Waals surface area contributed by atoms with Crippen LogP contribution in [0.5, 0.6) is 5.75 Å². The van der Waals surface area contributed by atoms with Crippen molar-refractivity contribution in [3.8, 4) is 11.8 Å². The molecule has 0 aromatic heterocycles. The molecule has 0 saturated carbocycles. The van der Waals surface area contributed by atoms with Gasteiger partial charge in [0.1, 0.15) is 17.4 Å². The highest BCUT2D eigenvalue weighted by atomic mass is 19.1. The minimum atomic E-state index is -0.606. The summed E-state index contributed by atoms with van der Waals surface area (Å²) in [6.45, 7) is 0. The lowest BCUT2D eigenvalue weighted by Crippen LogP contribution is -2.03. The molecule has 5 heteroatoms. The smallest absolute Gasteiger partial charge is 0.336 e. The number of carbonyl (C=O) groups is 1. The SMILES string of the molecule is N#C/C(=C/c1cccc(OC(=O)/C=C/c2ccc(F)cc2)c1)c1ccccc1F. The Labute approximate surface area is 166 Å². The molecule has 3 aromatic carbocycles. The van der Waals surface area contributed by atoms with E-state index in [9.17, 15) is 18.8 Å². The van der Waals surface area contributed by atoms with Gasteiger partial charge in [0, 0.05) is 11.6 Å². The highest BCUT2D eigenvalue weighted by Crippen LogP contribution is 2.22. The third-order valence-corrected chi connectivity index (χ3v) is 3.95. The zero-order valence-electron chi connectivity index (χ0n) is 15.2. The van der Waals surface area contributed by atoms with Crippen LogP contribution in [0.4, 0.5) is 8.78 Å². The molecule has 0 saturated heterocycles. The van der Waals surface area contributed by atoms with Gasteiger partial charge in [0.05, 0.1) is 11.6 Å². The van der Waals surface area contributed by atoms with Crippen molar-refractivity contribution in [1.29, 1.82) is 5.26 Å². The van der Waals surface area contributed by atoms with E-state index in [1.165, 1.54) is 54.6 Å². The van der Waals surface area contributed by atoms with E-state index in [0.717, 1.165) is 0 Å². The van der Waals surface area contributed by atoms with Crippen LogP contribution in [0.3, 0.4) is 0 Å². The summed E-state index contributed by atoms with van der Waals surface area (Å²) in [5, 5.41) is 9.37. The number of allylic oxidation sites excluding steroid dienone is 1. The first kappa shape index (κ1) is 19.7. The normalized spacial score (nSPS) is 11.3. The molecule has 3 aromatic rings. The van der Waals surface area contributed by atoms with Crippen LogP contribution in [-0.2, 0) is 4.79 Å². The number of rotatable bonds is 5. The number of hydrogen-bond acceptors (Lipinski definition) is 3. The number of ether oxygens (including phenoxy) is 1. The van der Waals surface area contributed by atoms with Crippen molar-refractivity contribution < 1.29 is 18.3 Å². The van der Waals surface area contributed by atoms with Crippen LogP contribution in [0.1, 0.15) is 16.7 Å². The summed E-state index contributed by atoms with van der Waals surface area (Å²) in [7, 11) is 0. The molecule has 0 bridgehead atoms. The molecule has 0 atom stereocenters. The third-order valence-electron chi connectivity index (χ3n) is 3.95. The van der Waals surface area contributed by atoms with Gasteiger partial charge in [-0.15, -0.1) is 0 Å². The van der Waals surface area contributed by atoms with Gasteiger partial charge in [-0.25, -0.2) is 13.6 Å². The maximum absolute atomic E-state index is 13.9. The number of carbonyl (C=O) groups excluding carboxylic acids is 1. The molecule has 0 N–H and O–H groups in total. The van der Waals surface area contributed by atoms with Gasteiger partial charge >= 0.3 is 5.97 Å². The molecular weight excluding hydrogens is 372 g/mol. The number of nitrogens with zero attached hydrogens (tertiary/aromatic N) is 1. The molecule has 0 aliphatic carbocycles. The Morgan fingerprint density at radius 2 is 1.69 bits per heavy atom. The van der Waals surface area contributed by atoms with Gasteiger partial charge in [0.15, 0.2) is 0 Å². The monoisotopic (exact) mass is 387 g/mol. The van der Waals surface area contributed by atoms with E-state index in [1.54, 1.807) is 36.4 Å². The second-order valence-electron chi connectivity index (χ2n) is 6.03. The Morgan fingerprint density at radius 1 is 0.931 bits per heavy atom. The minimum absolute atomic E-state index is 0.155. The highest BCUT2D eigenvalue weighted by molar-refractivity contribution is 5.91. The van der Waals surface area contributed by atoms with E-state index >= 15 is 0 Å². The molecule has 29 heavy (non-hydrogen) atoms. The van der Waals surface area contributed by atoms with Crippen LogP contribution in [0.2, 0.25) is 0 Å². The zero-order valence-corrected chi connectivity index (χ0v) is 15.2. The highest BCUT2D eigenvalue weighted by Gasteiger charge is 2.07. The summed E-state index contributed by atoms with van der Waals surface area (Å²) in [6.07, 6.45) is 4.26. The predicted molar refractivity (Wildman–Crippen MR) is 107 cm³/mol. The number of halogens is 2. The van der Waals surface area contributed by atoms with Gasteiger partial charge in [-0.2, -0.15) is 5.26 Å². The molecule has 0 radical (unpaired) electrons. The predicted octanol–water partition coefficient (Wildman–Crippen LogP) is 5.65. The van der Waals surface area contributed by atoms with E-state index in [-0.39, 0.29) is 22.7 Å². The Kier molecular flexibility index (Phi) is 6.29. The molecule has 0 unspecified atom stereocenters. The lowest BCUT2D eigenvalue weighted by atomic mass is 10.0. The second-order valence-corrected chi connectivity index (χ2v) is 6.03. The fourth-order valence-corrected chi connectivity index (χ4v) is 2.57. The topological polar surface area (TPSA) is 50.1 Å². The first-order chi connectivity index (χ1) is 14.0. The van der Waals surface area contributed by atoms with Crippen molar-refractivity contribution in [3.05, 3.63) is 107 Å². The molecule has 0 fully saturated rings. The maximum atomic E-state index is 13.9. The van der Waals surface area contributed by atoms with E-state index in [2.05, 4.69) is 0 Å². The van der Waals surface area contributed by atoms with Gasteiger partial charge in [-0.05, 0) is 53.6 Å². The quantitative estimate of drug-likeness (QED) is 0.187. The molecule has 0 aliphatic rings. The fraction of sp³-hybridized carbons (Fsp3) is 0. The fourth-order valence-electron chi connectivity index (χ4n) is 2.57. The van der Waals surface area contributed by atoms with Crippen LogP contribution in [-0.4, -0.2) is 5.97 Å². The molecule has 0 aliphatic heterocycles. The lowest BCUT2D eigenvalue weighted by molar-refractivity contribution is -0.128. The first-order valence-electron chi connectivity index (χ1n) is 8.67. The van der Waals surface area contributed by atoms with Crippen LogP contribution < -0.4 is 4.74 Å². The Bertz CT molecular complexity index is 1130. The Hall–Kier alpha value is -4.04. The summed E-state index contributed by atoms with van der Waals surface area (Å²) in [5.74, 6) is -1.18. The van der Waals surface area contributed by atoms with E-state index in [1.807, 2.05) is 6.07 Å². The lowest BCUT2D eigenvalue weighted by Gasteiger charge is -2.04. The molecular formula is C24H15F2NO2. The number of hydrogen-bond donors (Lipinski definition) is 0.